The van der Waals surface area contributed by atoms with Gasteiger partial charge in [-0.1, -0.05) is 17.7 Å². The highest BCUT2D eigenvalue weighted by Gasteiger charge is 2.42. The van der Waals surface area contributed by atoms with Gasteiger partial charge in [0.15, 0.2) is 0 Å². The Balaban J connectivity index is 1.94. The first kappa shape index (κ1) is 14.4. The van der Waals surface area contributed by atoms with Crippen molar-refractivity contribution in [3.63, 3.8) is 0 Å². The molecule has 106 valence electrons. The van der Waals surface area contributed by atoms with Gasteiger partial charge in [0.25, 0.3) is 0 Å². The van der Waals surface area contributed by atoms with Crippen LogP contribution in [0.1, 0.15) is 24.0 Å². The summed E-state index contributed by atoms with van der Waals surface area (Å²) in [5, 5.41) is 3.50. The summed E-state index contributed by atoms with van der Waals surface area (Å²) in [5.41, 5.74) is 3.09. The first-order valence-electron chi connectivity index (χ1n) is 7.02. The molecule has 0 saturated heterocycles. The van der Waals surface area contributed by atoms with Crippen molar-refractivity contribution in [3.05, 3.63) is 29.3 Å². The largest absolute Gasteiger partial charge is 0.496 e. The van der Waals surface area contributed by atoms with E-state index in [1.165, 1.54) is 24.0 Å². The standard InChI is InChI=1S/C16H25NO2/c1-13-4-5-15(19-3)14(10-13)11-16(6-7-16)12-17-8-9-18-2/h4-5,10,17H,6-9,11-12H2,1-3H3. The van der Waals surface area contributed by atoms with Crippen LogP contribution in [0.4, 0.5) is 0 Å². The van der Waals surface area contributed by atoms with Crippen LogP contribution in [0.5, 0.6) is 5.75 Å². The van der Waals surface area contributed by atoms with Gasteiger partial charge in [0.2, 0.25) is 0 Å². The Kier molecular flexibility index (Phi) is 4.83. The first-order valence-corrected chi connectivity index (χ1v) is 7.02. The minimum Gasteiger partial charge on any atom is -0.496 e. The molecule has 1 saturated carbocycles. The molecule has 0 amide bonds. The minimum absolute atomic E-state index is 0.439. The number of rotatable bonds is 8. The highest BCUT2D eigenvalue weighted by molar-refractivity contribution is 5.38. The molecular weight excluding hydrogens is 238 g/mol. The molecular formula is C16H25NO2. The van der Waals surface area contributed by atoms with Crippen molar-refractivity contribution in [2.75, 3.05) is 33.9 Å². The number of ether oxygens (including phenoxy) is 2. The van der Waals surface area contributed by atoms with Gasteiger partial charge in [0.1, 0.15) is 5.75 Å². The van der Waals surface area contributed by atoms with Crippen LogP contribution in [0.25, 0.3) is 0 Å². The topological polar surface area (TPSA) is 30.5 Å². The van der Waals surface area contributed by atoms with Crippen LogP contribution < -0.4 is 10.1 Å². The number of methoxy groups -OCH3 is 2. The lowest BCUT2D eigenvalue weighted by Crippen LogP contribution is -2.28. The zero-order chi connectivity index (χ0) is 13.7. The number of hydrogen-bond acceptors (Lipinski definition) is 3. The summed E-state index contributed by atoms with van der Waals surface area (Å²) in [4.78, 5) is 0. The normalized spacial score (nSPS) is 16.4. The molecule has 19 heavy (non-hydrogen) atoms. The number of aryl methyl sites for hydroxylation is 1. The molecule has 1 aliphatic carbocycles. The molecule has 0 atom stereocenters. The second kappa shape index (κ2) is 6.40. The molecule has 3 nitrogen and oxygen atoms in total. The maximum atomic E-state index is 5.48. The van der Waals surface area contributed by atoms with E-state index in [0.717, 1.165) is 31.9 Å². The Morgan fingerprint density at radius 2 is 2.05 bits per heavy atom. The Hall–Kier alpha value is -1.06. The van der Waals surface area contributed by atoms with Crippen molar-refractivity contribution >= 4 is 0 Å². The molecule has 3 heteroatoms. The first-order chi connectivity index (χ1) is 9.19. The summed E-state index contributed by atoms with van der Waals surface area (Å²) in [6.45, 7) is 4.93. The van der Waals surface area contributed by atoms with E-state index >= 15 is 0 Å². The maximum Gasteiger partial charge on any atom is 0.122 e. The molecule has 2 rings (SSSR count). The summed E-state index contributed by atoms with van der Waals surface area (Å²) >= 11 is 0. The summed E-state index contributed by atoms with van der Waals surface area (Å²) in [5.74, 6) is 1.02. The lowest BCUT2D eigenvalue weighted by molar-refractivity contribution is 0.197. The van der Waals surface area contributed by atoms with Gasteiger partial charge in [-0.3, -0.25) is 0 Å². The quantitative estimate of drug-likeness (QED) is 0.731. The van der Waals surface area contributed by atoms with Crippen LogP contribution in [0, 0.1) is 12.3 Å². The Labute approximate surface area is 116 Å². The molecule has 1 aromatic rings. The van der Waals surface area contributed by atoms with Crippen molar-refractivity contribution < 1.29 is 9.47 Å². The fraction of sp³-hybridized carbons (Fsp3) is 0.625. The van der Waals surface area contributed by atoms with Crippen LogP contribution in [0.15, 0.2) is 18.2 Å². The third kappa shape index (κ3) is 3.95. The fourth-order valence-corrected chi connectivity index (χ4v) is 2.57. The molecule has 0 unspecified atom stereocenters. The van der Waals surface area contributed by atoms with Gasteiger partial charge < -0.3 is 14.8 Å². The average molecular weight is 263 g/mol. The number of benzene rings is 1. The zero-order valence-electron chi connectivity index (χ0n) is 12.3. The molecule has 0 aliphatic heterocycles. The Morgan fingerprint density at radius 1 is 1.26 bits per heavy atom. The van der Waals surface area contributed by atoms with E-state index in [-0.39, 0.29) is 0 Å². The summed E-state index contributed by atoms with van der Waals surface area (Å²) in [6.07, 6.45) is 3.73. The Bertz CT molecular complexity index is 413. The van der Waals surface area contributed by atoms with E-state index in [2.05, 4.69) is 30.4 Å². The summed E-state index contributed by atoms with van der Waals surface area (Å²) < 4.78 is 10.5. The molecule has 0 bridgehead atoms. The zero-order valence-corrected chi connectivity index (χ0v) is 12.3. The van der Waals surface area contributed by atoms with Crippen LogP contribution in [-0.2, 0) is 11.2 Å². The third-order valence-corrected chi connectivity index (χ3v) is 3.94. The predicted molar refractivity (Wildman–Crippen MR) is 77.8 cm³/mol. The molecule has 1 aliphatic rings. The van der Waals surface area contributed by atoms with Gasteiger partial charge in [0, 0.05) is 20.2 Å². The number of nitrogens with one attached hydrogen (secondary N) is 1. The van der Waals surface area contributed by atoms with E-state index in [9.17, 15) is 0 Å². The molecule has 0 heterocycles. The lowest BCUT2D eigenvalue weighted by Gasteiger charge is -2.18. The van der Waals surface area contributed by atoms with E-state index in [0.29, 0.717) is 5.41 Å². The van der Waals surface area contributed by atoms with Gasteiger partial charge in [0.05, 0.1) is 13.7 Å². The van der Waals surface area contributed by atoms with Crippen molar-refractivity contribution in [1.82, 2.24) is 5.32 Å². The molecule has 0 aromatic heterocycles. The fourth-order valence-electron chi connectivity index (χ4n) is 2.57. The van der Waals surface area contributed by atoms with E-state index in [4.69, 9.17) is 9.47 Å². The predicted octanol–water partition coefficient (Wildman–Crippen LogP) is 2.56. The molecule has 0 spiro atoms. The van der Waals surface area contributed by atoms with E-state index in [1.807, 2.05) is 0 Å². The summed E-state index contributed by atoms with van der Waals surface area (Å²) in [7, 11) is 3.50. The monoisotopic (exact) mass is 263 g/mol. The highest BCUT2D eigenvalue weighted by Crippen LogP contribution is 2.48. The maximum absolute atomic E-state index is 5.48. The SMILES string of the molecule is COCCNCC1(Cc2cc(C)ccc2OC)CC1. The second-order valence-electron chi connectivity index (χ2n) is 5.66. The Morgan fingerprint density at radius 3 is 2.68 bits per heavy atom. The van der Waals surface area contributed by atoms with Crippen molar-refractivity contribution in [2.45, 2.75) is 26.2 Å². The van der Waals surface area contributed by atoms with Gasteiger partial charge >= 0.3 is 0 Å². The van der Waals surface area contributed by atoms with Gasteiger partial charge in [-0.15, -0.1) is 0 Å². The van der Waals surface area contributed by atoms with E-state index in [1.54, 1.807) is 14.2 Å². The molecule has 1 fully saturated rings. The molecule has 1 N–H and O–H groups in total. The van der Waals surface area contributed by atoms with Crippen molar-refractivity contribution in [1.29, 1.82) is 0 Å². The van der Waals surface area contributed by atoms with E-state index < -0.39 is 0 Å². The molecule has 1 aromatic carbocycles. The minimum atomic E-state index is 0.439. The van der Waals surface area contributed by atoms with Gasteiger partial charge in [-0.25, -0.2) is 0 Å². The van der Waals surface area contributed by atoms with Gasteiger partial charge in [-0.2, -0.15) is 0 Å². The molecule has 0 radical (unpaired) electrons. The number of hydrogen-bond donors (Lipinski definition) is 1. The highest BCUT2D eigenvalue weighted by atomic mass is 16.5. The van der Waals surface area contributed by atoms with Crippen LogP contribution >= 0.6 is 0 Å². The van der Waals surface area contributed by atoms with Crippen LogP contribution in [0.3, 0.4) is 0 Å². The van der Waals surface area contributed by atoms with Gasteiger partial charge in [-0.05, 0) is 43.2 Å². The van der Waals surface area contributed by atoms with Crippen LogP contribution in [0.2, 0.25) is 0 Å². The smallest absolute Gasteiger partial charge is 0.122 e. The third-order valence-electron chi connectivity index (χ3n) is 3.94. The van der Waals surface area contributed by atoms with Crippen LogP contribution in [-0.4, -0.2) is 33.9 Å². The second-order valence-corrected chi connectivity index (χ2v) is 5.66. The van der Waals surface area contributed by atoms with Crippen molar-refractivity contribution in [2.24, 2.45) is 5.41 Å². The average Bonchev–Trinajstić information content (AvgIpc) is 3.15. The van der Waals surface area contributed by atoms with Crippen molar-refractivity contribution in [3.8, 4) is 5.75 Å². The summed E-state index contributed by atoms with van der Waals surface area (Å²) in [6, 6.07) is 6.45. The lowest BCUT2D eigenvalue weighted by atomic mass is 9.94.